The minimum Gasteiger partial charge on any atom is -0.478 e. The number of carbonyl (C=O) groups is 3. The largest absolute Gasteiger partial charge is 0.478 e. The maximum absolute atomic E-state index is 11.1. The molecule has 0 atom stereocenters. The van der Waals surface area contributed by atoms with Gasteiger partial charge in [-0.3, -0.25) is 9.59 Å². The highest BCUT2D eigenvalue weighted by Crippen LogP contribution is 2.15. The number of nitrogens with one attached hydrogen (secondary N) is 2. The van der Waals surface area contributed by atoms with Crippen molar-refractivity contribution in [1.82, 2.24) is 19.9 Å². The minimum atomic E-state index is -1.03. The molecule has 9 heteroatoms. The van der Waals surface area contributed by atoms with Gasteiger partial charge in [0.25, 0.3) is 0 Å². The second-order valence-corrected chi connectivity index (χ2v) is 6.22. The number of fused-ring (bicyclic) bond motifs is 2. The van der Waals surface area contributed by atoms with Crippen LogP contribution in [0.5, 0.6) is 0 Å². The Labute approximate surface area is 164 Å². The summed E-state index contributed by atoms with van der Waals surface area (Å²) in [6.07, 6.45) is 2.73. The Morgan fingerprint density at radius 1 is 0.897 bits per heavy atom. The Kier molecular flexibility index (Phi) is 5.19. The fourth-order valence-electron chi connectivity index (χ4n) is 2.59. The summed E-state index contributed by atoms with van der Waals surface area (Å²) >= 11 is 0. The molecular weight excluding hydrogens is 374 g/mol. The van der Waals surface area contributed by atoms with Crippen molar-refractivity contribution in [2.45, 2.75) is 13.8 Å². The molecule has 0 aliphatic carbocycles. The van der Waals surface area contributed by atoms with Gasteiger partial charge in [-0.1, -0.05) is 0 Å². The summed E-state index contributed by atoms with van der Waals surface area (Å²) in [5.74, 6) is -1.18. The van der Waals surface area contributed by atoms with Crippen LogP contribution in [-0.4, -0.2) is 42.6 Å². The third kappa shape index (κ3) is 4.17. The smallest absolute Gasteiger partial charge is 0.337 e. The number of pyridine rings is 2. The van der Waals surface area contributed by atoms with Gasteiger partial charge in [-0.15, -0.1) is 0 Å². The lowest BCUT2D eigenvalue weighted by Gasteiger charge is -1.92. The molecule has 144 valence electrons. The van der Waals surface area contributed by atoms with Crippen molar-refractivity contribution in [1.29, 1.82) is 5.26 Å². The van der Waals surface area contributed by atoms with Gasteiger partial charge >= 0.3 is 5.97 Å². The SMILES string of the molecule is CC(=O)c1cc2cc(C#N)cnc2[nH]1.CC(=O)c1cc2cc(C(=O)O)cnc2[nH]1. The first-order valence-corrected chi connectivity index (χ1v) is 8.41. The van der Waals surface area contributed by atoms with E-state index in [0.717, 1.165) is 5.39 Å². The van der Waals surface area contributed by atoms with Crippen LogP contribution >= 0.6 is 0 Å². The molecule has 0 bridgehead atoms. The highest BCUT2D eigenvalue weighted by molar-refractivity contribution is 5.99. The Morgan fingerprint density at radius 2 is 1.41 bits per heavy atom. The molecule has 4 aromatic rings. The molecule has 4 rings (SSSR count). The Bertz CT molecular complexity index is 1300. The molecule has 4 aromatic heterocycles. The number of nitriles is 1. The van der Waals surface area contributed by atoms with Gasteiger partial charge in [-0.2, -0.15) is 5.26 Å². The van der Waals surface area contributed by atoms with Crippen LogP contribution in [0.25, 0.3) is 22.1 Å². The maximum Gasteiger partial charge on any atom is 0.337 e. The van der Waals surface area contributed by atoms with E-state index in [1.165, 1.54) is 32.3 Å². The fraction of sp³-hybridized carbons (Fsp3) is 0.100. The average molecular weight is 389 g/mol. The van der Waals surface area contributed by atoms with Gasteiger partial charge in [0, 0.05) is 37.0 Å². The summed E-state index contributed by atoms with van der Waals surface area (Å²) in [6.45, 7) is 2.92. The summed E-state index contributed by atoms with van der Waals surface area (Å²) in [4.78, 5) is 46.4. The van der Waals surface area contributed by atoms with Crippen LogP contribution in [0.1, 0.15) is 50.7 Å². The van der Waals surface area contributed by atoms with Gasteiger partial charge in [-0.05, 0) is 24.3 Å². The van der Waals surface area contributed by atoms with E-state index in [9.17, 15) is 14.4 Å². The molecule has 0 saturated heterocycles. The van der Waals surface area contributed by atoms with Crippen molar-refractivity contribution in [3.05, 3.63) is 59.2 Å². The first-order valence-electron chi connectivity index (χ1n) is 8.41. The van der Waals surface area contributed by atoms with E-state index in [1.807, 2.05) is 6.07 Å². The highest BCUT2D eigenvalue weighted by atomic mass is 16.4. The molecule has 0 amide bonds. The van der Waals surface area contributed by atoms with Gasteiger partial charge in [0.15, 0.2) is 11.6 Å². The number of carboxylic acids is 1. The molecule has 0 spiro atoms. The number of ketones is 2. The van der Waals surface area contributed by atoms with Gasteiger partial charge in [0.05, 0.1) is 22.5 Å². The number of carboxylic acid groups (broad SMARTS) is 1. The lowest BCUT2D eigenvalue weighted by atomic mass is 10.2. The van der Waals surface area contributed by atoms with E-state index in [1.54, 1.807) is 18.2 Å². The highest BCUT2D eigenvalue weighted by Gasteiger charge is 2.09. The van der Waals surface area contributed by atoms with Crippen LogP contribution in [0.3, 0.4) is 0 Å². The number of Topliss-reactive ketones (excluding diaryl/α,β-unsaturated/α-hetero) is 2. The lowest BCUT2D eigenvalue weighted by Crippen LogP contribution is -1.96. The van der Waals surface area contributed by atoms with Crippen molar-refractivity contribution in [2.75, 3.05) is 0 Å². The van der Waals surface area contributed by atoms with Crippen molar-refractivity contribution in [2.24, 2.45) is 0 Å². The number of aromatic nitrogens is 4. The second kappa shape index (κ2) is 7.74. The number of nitrogens with zero attached hydrogens (tertiary/aromatic N) is 3. The molecule has 0 fully saturated rings. The number of aromatic carboxylic acids is 1. The van der Waals surface area contributed by atoms with E-state index in [-0.39, 0.29) is 17.1 Å². The molecule has 0 aliphatic heterocycles. The summed E-state index contributed by atoms with van der Waals surface area (Å²) in [5, 5.41) is 18.8. The Hall–Kier alpha value is -4.32. The molecule has 4 heterocycles. The van der Waals surface area contributed by atoms with Crippen molar-refractivity contribution < 1.29 is 19.5 Å². The third-order valence-corrected chi connectivity index (χ3v) is 4.07. The topological polar surface area (TPSA) is 153 Å². The monoisotopic (exact) mass is 389 g/mol. The molecule has 0 unspecified atom stereocenters. The minimum absolute atomic E-state index is 0.0403. The molecule has 29 heavy (non-hydrogen) atoms. The summed E-state index contributed by atoms with van der Waals surface area (Å²) < 4.78 is 0. The number of hydrogen-bond donors (Lipinski definition) is 3. The van der Waals surface area contributed by atoms with Crippen LogP contribution in [-0.2, 0) is 0 Å². The van der Waals surface area contributed by atoms with Gasteiger partial charge in [-0.25, -0.2) is 14.8 Å². The van der Waals surface area contributed by atoms with E-state index in [2.05, 4.69) is 19.9 Å². The number of aromatic amines is 2. The van der Waals surface area contributed by atoms with Gasteiger partial charge in [0.2, 0.25) is 0 Å². The molecule has 0 radical (unpaired) electrons. The molecule has 0 aromatic carbocycles. The number of H-pyrrole nitrogens is 2. The number of rotatable bonds is 3. The zero-order chi connectivity index (χ0) is 21.1. The molecule has 0 aliphatic rings. The normalized spacial score (nSPS) is 10.2. The Morgan fingerprint density at radius 3 is 1.90 bits per heavy atom. The zero-order valence-corrected chi connectivity index (χ0v) is 15.5. The summed E-state index contributed by atoms with van der Waals surface area (Å²) in [7, 11) is 0. The van der Waals surface area contributed by atoms with Gasteiger partial charge < -0.3 is 15.1 Å². The Balaban J connectivity index is 0.000000166. The molecular formula is C20H15N5O4. The van der Waals surface area contributed by atoms with E-state index in [4.69, 9.17) is 10.4 Å². The van der Waals surface area contributed by atoms with Crippen molar-refractivity contribution in [3.8, 4) is 6.07 Å². The van der Waals surface area contributed by atoms with Crippen LogP contribution in [0.15, 0.2) is 36.7 Å². The maximum atomic E-state index is 11.1. The second-order valence-electron chi connectivity index (χ2n) is 6.22. The van der Waals surface area contributed by atoms with Crippen LogP contribution in [0.2, 0.25) is 0 Å². The van der Waals surface area contributed by atoms with Crippen LogP contribution in [0, 0.1) is 11.3 Å². The van der Waals surface area contributed by atoms with Crippen LogP contribution < -0.4 is 0 Å². The first-order chi connectivity index (χ1) is 13.8. The molecule has 0 saturated carbocycles. The zero-order valence-electron chi connectivity index (χ0n) is 15.5. The molecule has 9 nitrogen and oxygen atoms in total. The average Bonchev–Trinajstić information content (AvgIpc) is 3.31. The van der Waals surface area contributed by atoms with Gasteiger partial charge in [0.1, 0.15) is 17.4 Å². The summed E-state index contributed by atoms with van der Waals surface area (Å²) in [5.41, 5.74) is 2.70. The van der Waals surface area contributed by atoms with Crippen LogP contribution in [0.4, 0.5) is 0 Å². The predicted octanol–water partition coefficient (Wildman–Crippen LogP) is 3.10. The van der Waals surface area contributed by atoms with E-state index in [0.29, 0.717) is 33.6 Å². The quantitative estimate of drug-likeness (QED) is 0.455. The van der Waals surface area contributed by atoms with Crippen molar-refractivity contribution in [3.63, 3.8) is 0 Å². The third-order valence-electron chi connectivity index (χ3n) is 4.07. The molecule has 3 N–H and O–H groups in total. The standard InChI is InChI=1S/C10H7N3O.C10H8N2O3/c1-6(14)9-3-8-2-7(4-11)5-12-10(8)13-9;1-5(13)8-3-6-2-7(10(14)15)4-11-9(6)12-8/h2-3,5H,1H3,(H,12,13);2-4H,1H3,(H,11,12)(H,14,15). The van der Waals surface area contributed by atoms with E-state index >= 15 is 0 Å². The van der Waals surface area contributed by atoms with Crippen molar-refractivity contribution >= 4 is 39.6 Å². The number of hydrogen-bond acceptors (Lipinski definition) is 6. The lowest BCUT2D eigenvalue weighted by molar-refractivity contribution is 0.0696. The first kappa shape index (κ1) is 19.4. The van der Waals surface area contributed by atoms with E-state index < -0.39 is 5.97 Å². The number of carbonyl (C=O) groups excluding carboxylic acids is 2. The summed E-state index contributed by atoms with van der Waals surface area (Å²) in [6, 6.07) is 8.47. The predicted molar refractivity (Wildman–Crippen MR) is 104 cm³/mol. The fourth-order valence-corrected chi connectivity index (χ4v) is 2.59.